The fourth-order valence-electron chi connectivity index (χ4n) is 3.11. The molecule has 0 atom stereocenters. The fourth-order valence-corrected chi connectivity index (χ4v) is 4.35. The normalized spacial score (nSPS) is 10.9. The summed E-state index contributed by atoms with van der Waals surface area (Å²) in [6.07, 6.45) is 0. The van der Waals surface area contributed by atoms with Gasteiger partial charge >= 0.3 is 0 Å². The lowest BCUT2D eigenvalue weighted by Gasteiger charge is -2.21. The molecule has 9 heteroatoms. The van der Waals surface area contributed by atoms with Crippen molar-refractivity contribution in [1.82, 2.24) is 4.90 Å². The Bertz CT molecular complexity index is 1230. The zero-order chi connectivity index (χ0) is 24.0. The minimum Gasteiger partial charge on any atom is -0.497 e. The molecule has 2 amide bonds. The highest BCUT2D eigenvalue weighted by atomic mass is 32.2. The first-order valence-corrected chi connectivity index (χ1v) is 11.5. The van der Waals surface area contributed by atoms with Crippen LogP contribution < -0.4 is 14.4 Å². The van der Waals surface area contributed by atoms with Gasteiger partial charge in [-0.2, -0.15) is 0 Å². The summed E-state index contributed by atoms with van der Waals surface area (Å²) in [4.78, 5) is 26.3. The summed E-state index contributed by atoms with van der Waals surface area (Å²) >= 11 is 0. The van der Waals surface area contributed by atoms with Crippen LogP contribution in [0, 0.1) is 0 Å². The molecule has 0 aromatic heterocycles. The van der Waals surface area contributed by atoms with E-state index in [2.05, 4.69) is 5.32 Å². The standard InChI is InChI=1S/C24H25N3O5S/c1-26(17-23(28)25-19-9-5-4-6-10-19)24(29)18-8-7-11-22(16-18)33(30,31)27(2)20-12-14-21(32-3)15-13-20/h4-16H,17H2,1-3H3,(H,25,28). The van der Waals surface area contributed by atoms with Crippen LogP contribution in [0.2, 0.25) is 0 Å². The number of sulfonamides is 1. The Kier molecular flexibility index (Phi) is 7.34. The van der Waals surface area contributed by atoms with Gasteiger partial charge < -0.3 is 15.0 Å². The van der Waals surface area contributed by atoms with Crippen LogP contribution in [-0.4, -0.2) is 52.9 Å². The van der Waals surface area contributed by atoms with Crippen LogP contribution in [0.1, 0.15) is 10.4 Å². The molecule has 172 valence electrons. The molecule has 0 heterocycles. The Hall–Kier alpha value is -3.85. The van der Waals surface area contributed by atoms with Crippen molar-refractivity contribution in [1.29, 1.82) is 0 Å². The Labute approximate surface area is 193 Å². The number of hydrogen-bond acceptors (Lipinski definition) is 5. The molecule has 0 radical (unpaired) electrons. The SMILES string of the molecule is COc1ccc(N(C)S(=O)(=O)c2cccc(C(=O)N(C)CC(=O)Nc3ccccc3)c2)cc1. The Balaban J connectivity index is 1.74. The van der Waals surface area contributed by atoms with Gasteiger partial charge in [0.1, 0.15) is 5.75 Å². The van der Waals surface area contributed by atoms with Crippen molar-refractivity contribution >= 4 is 33.2 Å². The summed E-state index contributed by atoms with van der Waals surface area (Å²) in [5.41, 5.74) is 1.23. The van der Waals surface area contributed by atoms with E-state index < -0.39 is 15.9 Å². The highest BCUT2D eigenvalue weighted by Gasteiger charge is 2.23. The lowest BCUT2D eigenvalue weighted by Crippen LogP contribution is -2.35. The van der Waals surface area contributed by atoms with Gasteiger partial charge in [-0.05, 0) is 54.6 Å². The maximum atomic E-state index is 13.1. The van der Waals surface area contributed by atoms with Gasteiger partial charge in [-0.1, -0.05) is 24.3 Å². The predicted molar refractivity (Wildman–Crippen MR) is 127 cm³/mol. The van der Waals surface area contributed by atoms with Gasteiger partial charge in [0.15, 0.2) is 0 Å². The molecule has 0 aliphatic rings. The molecule has 0 fully saturated rings. The van der Waals surface area contributed by atoms with Gasteiger partial charge in [0.05, 0.1) is 24.2 Å². The molecule has 1 N–H and O–H groups in total. The first-order valence-electron chi connectivity index (χ1n) is 10.1. The van der Waals surface area contributed by atoms with Crippen LogP contribution in [0.25, 0.3) is 0 Å². The molecule has 0 spiro atoms. The number of rotatable bonds is 8. The van der Waals surface area contributed by atoms with E-state index in [-0.39, 0.29) is 22.9 Å². The summed E-state index contributed by atoms with van der Waals surface area (Å²) in [7, 11) is 0.533. The zero-order valence-electron chi connectivity index (χ0n) is 18.6. The molecular weight excluding hydrogens is 442 g/mol. The molecule has 0 bridgehead atoms. The third-order valence-corrected chi connectivity index (χ3v) is 6.74. The first-order chi connectivity index (χ1) is 15.7. The molecule has 3 aromatic rings. The monoisotopic (exact) mass is 467 g/mol. The second-order valence-electron chi connectivity index (χ2n) is 7.27. The van der Waals surface area contributed by atoms with Crippen molar-refractivity contribution in [2.45, 2.75) is 4.90 Å². The van der Waals surface area contributed by atoms with Gasteiger partial charge in [0.2, 0.25) is 5.91 Å². The minimum atomic E-state index is -3.91. The number of ether oxygens (including phenoxy) is 1. The number of likely N-dealkylation sites (N-methyl/N-ethyl adjacent to an activating group) is 1. The van der Waals surface area contributed by atoms with E-state index in [0.717, 1.165) is 4.31 Å². The van der Waals surface area contributed by atoms with E-state index in [0.29, 0.717) is 17.1 Å². The highest BCUT2D eigenvalue weighted by molar-refractivity contribution is 7.92. The van der Waals surface area contributed by atoms with Crippen molar-refractivity contribution in [3.05, 3.63) is 84.4 Å². The third kappa shape index (κ3) is 5.69. The number of nitrogens with zero attached hydrogens (tertiary/aromatic N) is 2. The number of benzene rings is 3. The van der Waals surface area contributed by atoms with E-state index in [1.54, 1.807) is 48.5 Å². The molecule has 0 saturated heterocycles. The second kappa shape index (κ2) is 10.2. The number of amides is 2. The van der Waals surface area contributed by atoms with Crippen molar-refractivity contribution < 1.29 is 22.7 Å². The summed E-state index contributed by atoms with van der Waals surface area (Å²) in [5, 5.41) is 2.71. The average Bonchev–Trinajstić information content (AvgIpc) is 2.83. The molecule has 3 rings (SSSR count). The summed E-state index contributed by atoms with van der Waals surface area (Å²) in [6, 6.07) is 21.2. The third-order valence-electron chi connectivity index (χ3n) is 4.96. The van der Waals surface area contributed by atoms with E-state index in [1.165, 1.54) is 50.4 Å². The maximum absolute atomic E-state index is 13.1. The number of carbonyl (C=O) groups excluding carboxylic acids is 2. The van der Waals surface area contributed by atoms with Gasteiger partial charge in [0, 0.05) is 25.3 Å². The van der Waals surface area contributed by atoms with Crippen molar-refractivity contribution in [2.75, 3.05) is 37.4 Å². The number of hydrogen-bond donors (Lipinski definition) is 1. The fraction of sp³-hybridized carbons (Fsp3) is 0.167. The smallest absolute Gasteiger partial charge is 0.264 e. The molecule has 8 nitrogen and oxygen atoms in total. The molecule has 0 unspecified atom stereocenters. The van der Waals surface area contributed by atoms with Crippen LogP contribution in [0.15, 0.2) is 83.8 Å². The zero-order valence-corrected chi connectivity index (χ0v) is 19.4. The van der Waals surface area contributed by atoms with E-state index in [9.17, 15) is 18.0 Å². The van der Waals surface area contributed by atoms with E-state index >= 15 is 0 Å². The molecule has 0 aliphatic heterocycles. The summed E-state index contributed by atoms with van der Waals surface area (Å²) < 4.78 is 32.5. The number of carbonyl (C=O) groups is 2. The molecule has 0 saturated carbocycles. The molecule has 33 heavy (non-hydrogen) atoms. The minimum absolute atomic E-state index is 0.0335. The Morgan fingerprint density at radius 2 is 1.58 bits per heavy atom. The summed E-state index contributed by atoms with van der Waals surface area (Å²) in [5.74, 6) is -0.223. The number of methoxy groups -OCH3 is 1. The van der Waals surface area contributed by atoms with E-state index in [4.69, 9.17) is 4.74 Å². The van der Waals surface area contributed by atoms with Crippen LogP contribution in [0.4, 0.5) is 11.4 Å². The molecule has 3 aromatic carbocycles. The first kappa shape index (κ1) is 23.8. The Morgan fingerprint density at radius 3 is 2.21 bits per heavy atom. The summed E-state index contributed by atoms with van der Waals surface area (Å²) in [6.45, 7) is -0.184. The quantitative estimate of drug-likeness (QED) is 0.549. The van der Waals surface area contributed by atoms with Crippen LogP contribution in [0.5, 0.6) is 5.75 Å². The number of anilines is 2. The predicted octanol–water partition coefficient (Wildman–Crippen LogP) is 3.23. The number of nitrogens with one attached hydrogen (secondary N) is 1. The second-order valence-corrected chi connectivity index (χ2v) is 9.24. The van der Waals surface area contributed by atoms with Crippen molar-refractivity contribution in [3.8, 4) is 5.75 Å². The largest absolute Gasteiger partial charge is 0.497 e. The molecular formula is C24H25N3O5S. The number of para-hydroxylation sites is 1. The van der Waals surface area contributed by atoms with Crippen LogP contribution in [-0.2, 0) is 14.8 Å². The Morgan fingerprint density at radius 1 is 0.909 bits per heavy atom. The maximum Gasteiger partial charge on any atom is 0.264 e. The average molecular weight is 468 g/mol. The van der Waals surface area contributed by atoms with E-state index in [1.807, 2.05) is 6.07 Å². The van der Waals surface area contributed by atoms with Crippen molar-refractivity contribution in [2.24, 2.45) is 0 Å². The van der Waals surface area contributed by atoms with Gasteiger partial charge in [0.25, 0.3) is 15.9 Å². The van der Waals surface area contributed by atoms with Gasteiger partial charge in [-0.15, -0.1) is 0 Å². The van der Waals surface area contributed by atoms with Crippen LogP contribution in [0.3, 0.4) is 0 Å². The topological polar surface area (TPSA) is 96.0 Å². The van der Waals surface area contributed by atoms with Crippen LogP contribution >= 0.6 is 0 Å². The molecule has 0 aliphatic carbocycles. The highest BCUT2D eigenvalue weighted by Crippen LogP contribution is 2.25. The lowest BCUT2D eigenvalue weighted by molar-refractivity contribution is -0.116. The van der Waals surface area contributed by atoms with Gasteiger partial charge in [-0.3, -0.25) is 13.9 Å². The van der Waals surface area contributed by atoms with Crippen molar-refractivity contribution in [3.63, 3.8) is 0 Å². The lowest BCUT2D eigenvalue weighted by atomic mass is 10.2. The van der Waals surface area contributed by atoms with Gasteiger partial charge in [-0.25, -0.2) is 8.42 Å².